The van der Waals surface area contributed by atoms with Crippen molar-refractivity contribution in [3.8, 4) is 5.75 Å². The summed E-state index contributed by atoms with van der Waals surface area (Å²) in [5.41, 5.74) is 2.73. The molecule has 3 aromatic carbocycles. The molecule has 0 amide bonds. The second kappa shape index (κ2) is 5.84. The Morgan fingerprint density at radius 3 is 2.18 bits per heavy atom. The van der Waals surface area contributed by atoms with E-state index in [-0.39, 0.29) is 5.41 Å². The predicted molar refractivity (Wildman–Crippen MR) is 93.4 cm³/mol. The first-order chi connectivity index (χ1) is 10.5. The van der Waals surface area contributed by atoms with Gasteiger partial charge in [0.1, 0.15) is 12.4 Å². The molecule has 0 spiro atoms. The third kappa shape index (κ3) is 3.14. The quantitative estimate of drug-likeness (QED) is 0.599. The Morgan fingerprint density at radius 1 is 0.773 bits per heavy atom. The zero-order chi connectivity index (χ0) is 15.6. The van der Waals surface area contributed by atoms with Gasteiger partial charge in [0.05, 0.1) is 0 Å². The van der Waals surface area contributed by atoms with Crippen molar-refractivity contribution in [1.82, 2.24) is 0 Å². The summed E-state index contributed by atoms with van der Waals surface area (Å²) in [7, 11) is 0. The molecule has 0 unspecified atom stereocenters. The van der Waals surface area contributed by atoms with Gasteiger partial charge in [-0.25, -0.2) is 0 Å². The van der Waals surface area contributed by atoms with Gasteiger partial charge >= 0.3 is 0 Å². The predicted octanol–water partition coefficient (Wildman–Crippen LogP) is 5.72. The molecule has 0 aromatic heterocycles. The first-order valence-corrected chi connectivity index (χ1v) is 7.74. The van der Waals surface area contributed by atoms with E-state index in [0.717, 1.165) is 11.1 Å². The van der Waals surface area contributed by atoms with Gasteiger partial charge < -0.3 is 4.74 Å². The molecule has 3 rings (SSSR count). The van der Waals surface area contributed by atoms with E-state index in [4.69, 9.17) is 4.74 Å². The number of fused-ring (bicyclic) bond motifs is 1. The SMILES string of the molecule is CC(C)(C)c1ccc(COc2cccc3ccccc23)cc1. The Bertz CT molecular complexity index is 759. The Kier molecular flexibility index (Phi) is 3.89. The highest BCUT2D eigenvalue weighted by Gasteiger charge is 2.12. The number of rotatable bonds is 3. The summed E-state index contributed by atoms with van der Waals surface area (Å²) in [4.78, 5) is 0. The van der Waals surface area contributed by atoms with Gasteiger partial charge in [0.15, 0.2) is 0 Å². The van der Waals surface area contributed by atoms with Crippen molar-refractivity contribution < 1.29 is 4.74 Å². The lowest BCUT2D eigenvalue weighted by atomic mass is 9.87. The first-order valence-electron chi connectivity index (χ1n) is 7.74. The average Bonchev–Trinajstić information content (AvgIpc) is 2.52. The summed E-state index contributed by atoms with van der Waals surface area (Å²) >= 11 is 0. The highest BCUT2D eigenvalue weighted by atomic mass is 16.5. The van der Waals surface area contributed by atoms with Crippen molar-refractivity contribution in [2.45, 2.75) is 32.8 Å². The number of hydrogen-bond acceptors (Lipinski definition) is 1. The van der Waals surface area contributed by atoms with Crippen LogP contribution in [0.15, 0.2) is 66.7 Å². The van der Waals surface area contributed by atoms with Gasteiger partial charge in [-0.05, 0) is 28.0 Å². The number of ether oxygens (including phenoxy) is 1. The van der Waals surface area contributed by atoms with Gasteiger partial charge in [-0.2, -0.15) is 0 Å². The maximum Gasteiger partial charge on any atom is 0.127 e. The van der Waals surface area contributed by atoms with Crippen molar-refractivity contribution in [1.29, 1.82) is 0 Å². The van der Waals surface area contributed by atoms with Crippen LogP contribution in [0.3, 0.4) is 0 Å². The van der Waals surface area contributed by atoms with Crippen LogP contribution in [-0.4, -0.2) is 0 Å². The fraction of sp³-hybridized carbons (Fsp3) is 0.238. The molecule has 0 bridgehead atoms. The van der Waals surface area contributed by atoms with Crippen LogP contribution < -0.4 is 4.74 Å². The highest BCUT2D eigenvalue weighted by molar-refractivity contribution is 5.88. The summed E-state index contributed by atoms with van der Waals surface area (Å²) in [5.74, 6) is 0.943. The van der Waals surface area contributed by atoms with Gasteiger partial charge in [0.2, 0.25) is 0 Å². The molecule has 1 heteroatoms. The molecule has 0 N–H and O–H groups in total. The summed E-state index contributed by atoms with van der Waals surface area (Å²) < 4.78 is 6.03. The maximum atomic E-state index is 6.03. The van der Waals surface area contributed by atoms with Crippen LogP contribution in [0, 0.1) is 0 Å². The van der Waals surface area contributed by atoms with Crippen molar-refractivity contribution >= 4 is 10.8 Å². The highest BCUT2D eigenvalue weighted by Crippen LogP contribution is 2.26. The second-order valence-electron chi connectivity index (χ2n) is 6.71. The minimum Gasteiger partial charge on any atom is -0.488 e. The van der Waals surface area contributed by atoms with E-state index in [9.17, 15) is 0 Å². The van der Waals surface area contributed by atoms with Crippen LogP contribution in [0.4, 0.5) is 0 Å². The summed E-state index contributed by atoms with van der Waals surface area (Å²) in [6.07, 6.45) is 0. The average molecular weight is 290 g/mol. The Labute approximate surface area is 132 Å². The molecular formula is C21H22O. The zero-order valence-corrected chi connectivity index (χ0v) is 13.5. The molecule has 0 fully saturated rings. The number of hydrogen-bond donors (Lipinski definition) is 0. The minimum atomic E-state index is 0.190. The molecule has 0 saturated carbocycles. The monoisotopic (exact) mass is 290 g/mol. The summed E-state index contributed by atoms with van der Waals surface area (Å²) in [5, 5.41) is 2.37. The van der Waals surface area contributed by atoms with Crippen LogP contribution in [-0.2, 0) is 12.0 Å². The molecule has 112 valence electrons. The molecule has 1 nitrogen and oxygen atoms in total. The standard InChI is InChI=1S/C21H22O/c1-21(2,3)18-13-11-16(12-14-18)15-22-20-10-6-8-17-7-4-5-9-19(17)20/h4-14H,15H2,1-3H3. The maximum absolute atomic E-state index is 6.03. The van der Waals surface area contributed by atoms with Gasteiger partial charge in [0.25, 0.3) is 0 Å². The van der Waals surface area contributed by atoms with Gasteiger partial charge in [-0.15, -0.1) is 0 Å². The largest absolute Gasteiger partial charge is 0.488 e. The first kappa shape index (κ1) is 14.6. The van der Waals surface area contributed by atoms with Gasteiger partial charge in [-0.1, -0.05) is 81.4 Å². The molecule has 0 atom stereocenters. The number of benzene rings is 3. The molecule has 0 heterocycles. The third-order valence-electron chi connectivity index (χ3n) is 3.96. The Balaban J connectivity index is 1.77. The van der Waals surface area contributed by atoms with E-state index in [0.29, 0.717) is 6.61 Å². The van der Waals surface area contributed by atoms with E-state index in [1.807, 2.05) is 18.2 Å². The summed E-state index contributed by atoms with van der Waals surface area (Å²) in [6, 6.07) is 23.2. The van der Waals surface area contributed by atoms with Crippen LogP contribution in [0.25, 0.3) is 10.8 Å². The van der Waals surface area contributed by atoms with Crippen LogP contribution in [0.2, 0.25) is 0 Å². The van der Waals surface area contributed by atoms with E-state index in [1.54, 1.807) is 0 Å². The fourth-order valence-electron chi connectivity index (χ4n) is 2.58. The fourth-order valence-corrected chi connectivity index (χ4v) is 2.58. The molecule has 0 radical (unpaired) electrons. The lowest BCUT2D eigenvalue weighted by Crippen LogP contribution is -2.10. The van der Waals surface area contributed by atoms with Crippen LogP contribution in [0.1, 0.15) is 31.9 Å². The third-order valence-corrected chi connectivity index (χ3v) is 3.96. The molecular weight excluding hydrogens is 268 g/mol. The second-order valence-corrected chi connectivity index (χ2v) is 6.71. The smallest absolute Gasteiger partial charge is 0.127 e. The molecule has 0 aliphatic rings. The topological polar surface area (TPSA) is 9.23 Å². The molecule has 0 aliphatic carbocycles. The normalized spacial score (nSPS) is 11.6. The van der Waals surface area contributed by atoms with Crippen LogP contribution >= 0.6 is 0 Å². The van der Waals surface area contributed by atoms with Crippen molar-refractivity contribution in [2.24, 2.45) is 0 Å². The lowest BCUT2D eigenvalue weighted by Gasteiger charge is -2.19. The van der Waals surface area contributed by atoms with E-state index in [2.05, 4.69) is 69.3 Å². The van der Waals surface area contributed by atoms with Crippen LogP contribution in [0.5, 0.6) is 5.75 Å². The van der Waals surface area contributed by atoms with Crippen molar-refractivity contribution in [3.63, 3.8) is 0 Å². The summed E-state index contributed by atoms with van der Waals surface area (Å²) in [6.45, 7) is 7.29. The Hall–Kier alpha value is -2.28. The van der Waals surface area contributed by atoms with Crippen molar-refractivity contribution in [3.05, 3.63) is 77.9 Å². The lowest BCUT2D eigenvalue weighted by molar-refractivity contribution is 0.310. The Morgan fingerprint density at radius 2 is 1.45 bits per heavy atom. The molecule has 22 heavy (non-hydrogen) atoms. The van der Waals surface area contributed by atoms with Crippen molar-refractivity contribution in [2.75, 3.05) is 0 Å². The van der Waals surface area contributed by atoms with E-state index >= 15 is 0 Å². The molecule has 3 aromatic rings. The van der Waals surface area contributed by atoms with Gasteiger partial charge in [-0.3, -0.25) is 0 Å². The molecule has 0 saturated heterocycles. The van der Waals surface area contributed by atoms with E-state index in [1.165, 1.54) is 16.5 Å². The minimum absolute atomic E-state index is 0.190. The van der Waals surface area contributed by atoms with Gasteiger partial charge in [0, 0.05) is 5.39 Å². The van der Waals surface area contributed by atoms with E-state index < -0.39 is 0 Å². The zero-order valence-electron chi connectivity index (χ0n) is 13.5. The molecule has 0 aliphatic heterocycles.